The highest BCUT2D eigenvalue weighted by atomic mass is 79.9. The predicted octanol–water partition coefficient (Wildman–Crippen LogP) is 4.60. The van der Waals surface area contributed by atoms with E-state index in [1.165, 1.54) is 6.07 Å². The van der Waals surface area contributed by atoms with Gasteiger partial charge < -0.3 is 10.1 Å². The molecule has 1 unspecified atom stereocenters. The molecule has 0 aliphatic heterocycles. The third-order valence-corrected chi connectivity index (χ3v) is 4.04. The molecule has 0 saturated heterocycles. The molecule has 0 fully saturated rings. The van der Waals surface area contributed by atoms with Crippen LogP contribution in [0.1, 0.15) is 29.7 Å². The van der Waals surface area contributed by atoms with Crippen LogP contribution >= 0.6 is 15.9 Å². The normalized spacial score (nSPS) is 12.2. The first-order valence-electron chi connectivity index (χ1n) is 6.92. The van der Waals surface area contributed by atoms with Crippen molar-refractivity contribution in [3.05, 3.63) is 63.4 Å². The minimum absolute atomic E-state index is 0.0116. The zero-order valence-corrected chi connectivity index (χ0v) is 14.0. The first-order chi connectivity index (χ1) is 10.1. The fraction of sp³-hybridized carbons (Fsp3) is 0.294. The minimum atomic E-state index is -0.209. The molecule has 4 heteroatoms. The summed E-state index contributed by atoms with van der Waals surface area (Å²) in [5, 5.41) is 3.29. The van der Waals surface area contributed by atoms with Crippen LogP contribution in [-0.4, -0.2) is 13.7 Å². The molecule has 0 heterocycles. The average Bonchev–Trinajstić information content (AvgIpc) is 2.45. The number of benzene rings is 2. The zero-order chi connectivity index (χ0) is 15.4. The monoisotopic (exact) mass is 351 g/mol. The molecule has 2 nitrogen and oxygen atoms in total. The SMILES string of the molecule is CCOc1ccc(C(NC)c2ccc(F)cc2C)cc1Br. The van der Waals surface area contributed by atoms with Crippen molar-refractivity contribution in [2.24, 2.45) is 0 Å². The number of rotatable bonds is 5. The highest BCUT2D eigenvalue weighted by Gasteiger charge is 2.16. The van der Waals surface area contributed by atoms with Crippen molar-refractivity contribution in [1.29, 1.82) is 0 Å². The van der Waals surface area contributed by atoms with Gasteiger partial charge in [-0.1, -0.05) is 12.1 Å². The van der Waals surface area contributed by atoms with E-state index in [4.69, 9.17) is 4.74 Å². The van der Waals surface area contributed by atoms with Crippen LogP contribution in [0, 0.1) is 12.7 Å². The summed E-state index contributed by atoms with van der Waals surface area (Å²) in [6.45, 7) is 4.51. The first kappa shape index (κ1) is 16.0. The Kier molecular flexibility index (Phi) is 5.37. The molecule has 2 rings (SSSR count). The van der Waals surface area contributed by atoms with Crippen LogP contribution in [0.2, 0.25) is 0 Å². The van der Waals surface area contributed by atoms with Crippen molar-refractivity contribution >= 4 is 15.9 Å². The van der Waals surface area contributed by atoms with Crippen LogP contribution in [-0.2, 0) is 0 Å². The average molecular weight is 352 g/mol. The fourth-order valence-corrected chi connectivity index (χ4v) is 2.94. The lowest BCUT2D eigenvalue weighted by atomic mass is 9.95. The Hall–Kier alpha value is -1.39. The van der Waals surface area contributed by atoms with Gasteiger partial charge in [0.2, 0.25) is 0 Å². The summed E-state index contributed by atoms with van der Waals surface area (Å²) in [5.74, 6) is 0.617. The van der Waals surface area contributed by atoms with E-state index >= 15 is 0 Å². The van der Waals surface area contributed by atoms with Crippen molar-refractivity contribution in [2.45, 2.75) is 19.9 Å². The first-order valence-corrected chi connectivity index (χ1v) is 7.71. The summed E-state index contributed by atoms with van der Waals surface area (Å²) in [6.07, 6.45) is 0. The molecule has 0 aliphatic carbocycles. The van der Waals surface area contributed by atoms with Gasteiger partial charge in [-0.2, -0.15) is 0 Å². The van der Waals surface area contributed by atoms with E-state index < -0.39 is 0 Å². The Labute approximate surface area is 133 Å². The molecule has 1 N–H and O–H groups in total. The van der Waals surface area contributed by atoms with E-state index in [-0.39, 0.29) is 11.9 Å². The number of ether oxygens (including phenoxy) is 1. The summed E-state index contributed by atoms with van der Waals surface area (Å²) in [7, 11) is 1.90. The molecular formula is C17H19BrFNO. The van der Waals surface area contributed by atoms with Gasteiger partial charge in [0, 0.05) is 0 Å². The largest absolute Gasteiger partial charge is 0.493 e. The Morgan fingerprint density at radius 1 is 1.24 bits per heavy atom. The second-order valence-electron chi connectivity index (χ2n) is 4.85. The molecule has 0 amide bonds. The smallest absolute Gasteiger partial charge is 0.133 e. The molecule has 0 radical (unpaired) electrons. The molecule has 2 aromatic carbocycles. The number of nitrogens with one attached hydrogen (secondary N) is 1. The number of halogens is 2. The molecule has 0 saturated carbocycles. The lowest BCUT2D eigenvalue weighted by molar-refractivity contribution is 0.338. The Morgan fingerprint density at radius 3 is 2.57 bits per heavy atom. The standard InChI is InChI=1S/C17H19BrFNO/c1-4-21-16-8-5-12(10-15(16)18)17(20-3)14-7-6-13(19)9-11(14)2/h5-10,17,20H,4H2,1-3H3. The van der Waals surface area contributed by atoms with Crippen molar-refractivity contribution < 1.29 is 9.13 Å². The summed E-state index contributed by atoms with van der Waals surface area (Å²) >= 11 is 3.54. The van der Waals surface area contributed by atoms with Crippen molar-refractivity contribution in [3.8, 4) is 5.75 Å². The second-order valence-corrected chi connectivity index (χ2v) is 5.70. The van der Waals surface area contributed by atoms with Crippen molar-refractivity contribution in [2.75, 3.05) is 13.7 Å². The molecule has 2 aromatic rings. The maximum atomic E-state index is 13.3. The Morgan fingerprint density at radius 2 is 2.00 bits per heavy atom. The fourth-order valence-electron chi connectivity index (χ4n) is 2.43. The van der Waals surface area contributed by atoms with E-state index in [9.17, 15) is 4.39 Å². The van der Waals surface area contributed by atoms with Gasteiger partial charge in [-0.3, -0.25) is 0 Å². The van der Waals surface area contributed by atoms with Gasteiger partial charge in [-0.25, -0.2) is 4.39 Å². The van der Waals surface area contributed by atoms with Gasteiger partial charge in [0.05, 0.1) is 17.1 Å². The third-order valence-electron chi connectivity index (χ3n) is 3.42. The van der Waals surface area contributed by atoms with Gasteiger partial charge in [-0.15, -0.1) is 0 Å². The quantitative estimate of drug-likeness (QED) is 0.849. The second kappa shape index (κ2) is 7.05. The van der Waals surface area contributed by atoms with E-state index in [2.05, 4.69) is 21.2 Å². The molecule has 0 aromatic heterocycles. The molecule has 21 heavy (non-hydrogen) atoms. The molecular weight excluding hydrogens is 333 g/mol. The van der Waals surface area contributed by atoms with E-state index in [1.54, 1.807) is 6.07 Å². The summed E-state index contributed by atoms with van der Waals surface area (Å²) in [4.78, 5) is 0. The summed E-state index contributed by atoms with van der Waals surface area (Å²) < 4.78 is 19.7. The molecule has 0 aliphatic rings. The van der Waals surface area contributed by atoms with Crippen LogP contribution in [0.25, 0.3) is 0 Å². The lowest BCUT2D eigenvalue weighted by Crippen LogP contribution is -2.18. The zero-order valence-electron chi connectivity index (χ0n) is 12.4. The maximum absolute atomic E-state index is 13.3. The van der Waals surface area contributed by atoms with Gasteiger partial charge in [0.25, 0.3) is 0 Å². The molecule has 1 atom stereocenters. The Balaban J connectivity index is 2.39. The Bertz CT molecular complexity index is 630. The van der Waals surface area contributed by atoms with E-state index in [0.29, 0.717) is 6.61 Å². The third kappa shape index (κ3) is 3.63. The molecule has 0 bridgehead atoms. The highest BCUT2D eigenvalue weighted by molar-refractivity contribution is 9.10. The van der Waals surface area contributed by atoms with Crippen LogP contribution in [0.3, 0.4) is 0 Å². The number of aryl methyl sites for hydroxylation is 1. The maximum Gasteiger partial charge on any atom is 0.133 e. The van der Waals surface area contributed by atoms with Crippen LogP contribution in [0.4, 0.5) is 4.39 Å². The van der Waals surface area contributed by atoms with Gasteiger partial charge >= 0.3 is 0 Å². The number of hydrogen-bond acceptors (Lipinski definition) is 2. The number of hydrogen-bond donors (Lipinski definition) is 1. The predicted molar refractivity (Wildman–Crippen MR) is 87.4 cm³/mol. The molecule has 112 valence electrons. The van der Waals surface area contributed by atoms with Gasteiger partial charge in [0.1, 0.15) is 11.6 Å². The lowest BCUT2D eigenvalue weighted by Gasteiger charge is -2.20. The summed E-state index contributed by atoms with van der Waals surface area (Å²) in [5.41, 5.74) is 3.09. The van der Waals surface area contributed by atoms with Gasteiger partial charge in [0.15, 0.2) is 0 Å². The van der Waals surface area contributed by atoms with E-state index in [1.807, 2.05) is 45.2 Å². The van der Waals surface area contributed by atoms with Crippen LogP contribution < -0.4 is 10.1 Å². The topological polar surface area (TPSA) is 21.3 Å². The van der Waals surface area contributed by atoms with E-state index in [0.717, 1.165) is 26.9 Å². The molecule has 0 spiro atoms. The summed E-state index contributed by atoms with van der Waals surface area (Å²) in [6, 6.07) is 10.9. The minimum Gasteiger partial charge on any atom is -0.493 e. The van der Waals surface area contributed by atoms with Crippen molar-refractivity contribution in [1.82, 2.24) is 5.32 Å². The van der Waals surface area contributed by atoms with Gasteiger partial charge in [-0.05, 0) is 77.8 Å². The van der Waals surface area contributed by atoms with Crippen LogP contribution in [0.5, 0.6) is 5.75 Å². The van der Waals surface area contributed by atoms with Crippen LogP contribution in [0.15, 0.2) is 40.9 Å². The van der Waals surface area contributed by atoms with Crippen molar-refractivity contribution in [3.63, 3.8) is 0 Å². The highest BCUT2D eigenvalue weighted by Crippen LogP contribution is 2.31.